The fraction of sp³-hybridized carbons (Fsp3) is 0.278. The Bertz CT molecular complexity index is 671. The van der Waals surface area contributed by atoms with Gasteiger partial charge in [-0.05, 0) is 24.1 Å². The van der Waals surface area contributed by atoms with Crippen LogP contribution in [0.2, 0.25) is 0 Å². The summed E-state index contributed by atoms with van der Waals surface area (Å²) in [6.45, 7) is 1.97. The fourth-order valence-electron chi connectivity index (χ4n) is 2.29. The first-order valence-corrected chi connectivity index (χ1v) is 7.94. The number of aromatic nitrogens is 1. The lowest BCUT2D eigenvalue weighted by Crippen LogP contribution is -2.44. The lowest BCUT2D eigenvalue weighted by atomic mass is 10.1. The number of pyridine rings is 1. The van der Waals surface area contributed by atoms with Crippen molar-refractivity contribution in [3.63, 3.8) is 0 Å². The highest BCUT2D eigenvalue weighted by Crippen LogP contribution is 2.09. The van der Waals surface area contributed by atoms with Gasteiger partial charge in [0.2, 0.25) is 11.8 Å². The summed E-state index contributed by atoms with van der Waals surface area (Å²) in [4.78, 5) is 28.5. The zero-order valence-corrected chi connectivity index (χ0v) is 13.7. The van der Waals surface area contributed by atoms with Crippen LogP contribution in [-0.4, -0.2) is 22.8 Å². The predicted molar refractivity (Wildman–Crippen MR) is 94.3 cm³/mol. The van der Waals surface area contributed by atoms with Crippen LogP contribution in [-0.2, 0) is 16.0 Å². The monoisotopic (exact) mass is 326 g/mol. The summed E-state index contributed by atoms with van der Waals surface area (Å²) < 4.78 is 0. The molecule has 4 N–H and O–H groups in total. The molecule has 0 saturated carbocycles. The van der Waals surface area contributed by atoms with Crippen molar-refractivity contribution in [2.75, 3.05) is 11.1 Å². The Morgan fingerprint density at radius 3 is 2.54 bits per heavy atom. The number of nitrogens with zero attached hydrogens (tertiary/aromatic N) is 1. The van der Waals surface area contributed by atoms with Gasteiger partial charge >= 0.3 is 0 Å². The summed E-state index contributed by atoms with van der Waals surface area (Å²) in [5.41, 5.74) is 6.98. The van der Waals surface area contributed by atoms with E-state index < -0.39 is 6.04 Å². The highest BCUT2D eigenvalue weighted by molar-refractivity contribution is 5.97. The molecule has 1 unspecified atom stereocenters. The fourth-order valence-corrected chi connectivity index (χ4v) is 2.29. The maximum absolute atomic E-state index is 12.4. The second-order valence-electron chi connectivity index (χ2n) is 5.53. The van der Waals surface area contributed by atoms with Gasteiger partial charge in [-0.3, -0.25) is 9.59 Å². The van der Waals surface area contributed by atoms with Crippen LogP contribution in [0.25, 0.3) is 0 Å². The molecule has 1 aromatic heterocycles. The van der Waals surface area contributed by atoms with Gasteiger partial charge in [-0.25, -0.2) is 4.98 Å². The number of hydrogen-bond acceptors (Lipinski definition) is 4. The van der Waals surface area contributed by atoms with E-state index in [-0.39, 0.29) is 18.2 Å². The average Bonchev–Trinajstić information content (AvgIpc) is 2.57. The van der Waals surface area contributed by atoms with Gasteiger partial charge in [0.1, 0.15) is 11.9 Å². The summed E-state index contributed by atoms with van der Waals surface area (Å²) in [6, 6.07) is 12.1. The summed E-state index contributed by atoms with van der Waals surface area (Å²) in [5, 5.41) is 5.55. The first-order chi connectivity index (χ1) is 11.6. The minimum absolute atomic E-state index is 0.176. The molecule has 6 nitrogen and oxygen atoms in total. The molecule has 0 aliphatic carbocycles. The molecular weight excluding hydrogens is 304 g/mol. The number of hydrogen-bond donors (Lipinski definition) is 3. The number of carbonyl (C=O) groups is 2. The Balaban J connectivity index is 1.95. The number of amides is 2. The SMILES string of the molecule is CCCC(NC(=O)Cc1ccccc1)C(=O)Nc1ccc(N)nc1. The normalized spacial score (nSPS) is 11.5. The molecule has 1 atom stereocenters. The predicted octanol–water partition coefficient (Wildman–Crippen LogP) is 2.13. The van der Waals surface area contributed by atoms with Gasteiger partial charge < -0.3 is 16.4 Å². The van der Waals surface area contributed by atoms with E-state index in [0.29, 0.717) is 17.9 Å². The standard InChI is InChI=1S/C18H22N4O2/c1-2-6-15(18(24)21-14-9-10-16(19)20-12-14)22-17(23)11-13-7-4-3-5-8-13/h3-5,7-10,12,15H,2,6,11H2,1H3,(H2,19,20)(H,21,24)(H,22,23). The van der Waals surface area contributed by atoms with Crippen LogP contribution in [0.1, 0.15) is 25.3 Å². The van der Waals surface area contributed by atoms with Gasteiger partial charge in [0.25, 0.3) is 0 Å². The van der Waals surface area contributed by atoms with Crippen molar-refractivity contribution >= 4 is 23.3 Å². The maximum atomic E-state index is 12.4. The Labute approximate surface area is 141 Å². The number of benzene rings is 1. The average molecular weight is 326 g/mol. The van der Waals surface area contributed by atoms with Crippen molar-refractivity contribution in [1.29, 1.82) is 0 Å². The van der Waals surface area contributed by atoms with E-state index in [1.165, 1.54) is 6.20 Å². The van der Waals surface area contributed by atoms with E-state index in [4.69, 9.17) is 5.73 Å². The van der Waals surface area contributed by atoms with Gasteiger partial charge in [-0.15, -0.1) is 0 Å². The smallest absolute Gasteiger partial charge is 0.246 e. The summed E-state index contributed by atoms with van der Waals surface area (Å²) in [7, 11) is 0. The van der Waals surface area contributed by atoms with E-state index in [0.717, 1.165) is 12.0 Å². The Morgan fingerprint density at radius 1 is 1.17 bits per heavy atom. The van der Waals surface area contributed by atoms with Gasteiger partial charge in [-0.1, -0.05) is 43.7 Å². The number of nitrogen functional groups attached to an aromatic ring is 1. The molecule has 0 aliphatic rings. The van der Waals surface area contributed by atoms with E-state index in [1.807, 2.05) is 37.3 Å². The van der Waals surface area contributed by atoms with Crippen molar-refractivity contribution in [1.82, 2.24) is 10.3 Å². The molecule has 2 amide bonds. The third-order valence-corrected chi connectivity index (χ3v) is 3.49. The van der Waals surface area contributed by atoms with Crippen LogP contribution in [0.4, 0.5) is 11.5 Å². The van der Waals surface area contributed by atoms with Crippen LogP contribution in [0, 0.1) is 0 Å². The van der Waals surface area contributed by atoms with E-state index in [2.05, 4.69) is 15.6 Å². The molecule has 0 radical (unpaired) electrons. The van der Waals surface area contributed by atoms with Crippen molar-refractivity contribution in [3.05, 3.63) is 54.2 Å². The van der Waals surface area contributed by atoms with Gasteiger partial charge in [0, 0.05) is 0 Å². The molecule has 2 aromatic rings. The topological polar surface area (TPSA) is 97.1 Å². The maximum Gasteiger partial charge on any atom is 0.246 e. The summed E-state index contributed by atoms with van der Waals surface area (Å²) in [5.74, 6) is -0.0515. The first kappa shape index (κ1) is 17.5. The van der Waals surface area contributed by atoms with Crippen LogP contribution in [0.15, 0.2) is 48.7 Å². The number of anilines is 2. The largest absolute Gasteiger partial charge is 0.384 e. The second kappa shape index (κ2) is 8.67. The van der Waals surface area contributed by atoms with Crippen LogP contribution < -0.4 is 16.4 Å². The van der Waals surface area contributed by atoms with Crippen molar-refractivity contribution in [2.45, 2.75) is 32.2 Å². The Kier molecular flexibility index (Phi) is 6.31. The van der Waals surface area contributed by atoms with Gasteiger partial charge in [-0.2, -0.15) is 0 Å². The van der Waals surface area contributed by atoms with E-state index >= 15 is 0 Å². The van der Waals surface area contributed by atoms with E-state index in [9.17, 15) is 9.59 Å². The second-order valence-corrected chi connectivity index (χ2v) is 5.53. The summed E-state index contributed by atoms with van der Waals surface area (Å²) in [6.07, 6.45) is 3.08. The highest BCUT2D eigenvalue weighted by atomic mass is 16.2. The van der Waals surface area contributed by atoms with Crippen molar-refractivity contribution in [3.8, 4) is 0 Å². The molecule has 0 saturated heterocycles. The molecule has 1 aromatic carbocycles. The highest BCUT2D eigenvalue weighted by Gasteiger charge is 2.20. The molecule has 126 valence electrons. The lowest BCUT2D eigenvalue weighted by molar-refractivity contribution is -0.126. The zero-order valence-electron chi connectivity index (χ0n) is 13.7. The molecule has 1 heterocycles. The number of nitrogens with one attached hydrogen (secondary N) is 2. The third kappa shape index (κ3) is 5.39. The molecule has 0 fully saturated rings. The van der Waals surface area contributed by atoms with Gasteiger partial charge in [0.05, 0.1) is 18.3 Å². The number of nitrogens with two attached hydrogens (primary N) is 1. The van der Waals surface area contributed by atoms with Gasteiger partial charge in [0.15, 0.2) is 0 Å². The van der Waals surface area contributed by atoms with Crippen molar-refractivity contribution < 1.29 is 9.59 Å². The Morgan fingerprint density at radius 2 is 1.92 bits per heavy atom. The molecule has 24 heavy (non-hydrogen) atoms. The lowest BCUT2D eigenvalue weighted by Gasteiger charge is -2.18. The summed E-state index contributed by atoms with van der Waals surface area (Å²) >= 11 is 0. The molecule has 0 aliphatic heterocycles. The minimum Gasteiger partial charge on any atom is -0.384 e. The molecule has 0 spiro atoms. The van der Waals surface area contributed by atoms with Crippen molar-refractivity contribution in [2.24, 2.45) is 0 Å². The molecule has 6 heteroatoms. The molecular formula is C18H22N4O2. The Hall–Kier alpha value is -2.89. The zero-order chi connectivity index (χ0) is 17.4. The van der Waals surface area contributed by atoms with Crippen LogP contribution in [0.3, 0.4) is 0 Å². The minimum atomic E-state index is -0.580. The molecule has 0 bridgehead atoms. The quantitative estimate of drug-likeness (QED) is 0.726. The number of rotatable bonds is 7. The van der Waals surface area contributed by atoms with E-state index in [1.54, 1.807) is 12.1 Å². The molecule has 2 rings (SSSR count). The van der Waals surface area contributed by atoms with Crippen LogP contribution >= 0.6 is 0 Å². The third-order valence-electron chi connectivity index (χ3n) is 3.49. The van der Waals surface area contributed by atoms with Crippen LogP contribution in [0.5, 0.6) is 0 Å². The number of carbonyl (C=O) groups excluding carboxylic acids is 2. The first-order valence-electron chi connectivity index (χ1n) is 7.94.